The van der Waals surface area contributed by atoms with Crippen molar-refractivity contribution in [2.45, 2.75) is 106 Å². The Kier molecular flexibility index (Phi) is 10.4. The van der Waals surface area contributed by atoms with Crippen LogP contribution in [0.5, 0.6) is 0 Å². The zero-order valence-corrected chi connectivity index (χ0v) is 36.7. The second kappa shape index (κ2) is 16.3. The summed E-state index contributed by atoms with van der Waals surface area (Å²) in [7, 11) is -4.59. The molecule has 6 heterocycles. The molecule has 2 aliphatic heterocycles. The average Bonchev–Trinajstić information content (AvgIpc) is 3.63. The zero-order valence-electron chi connectivity index (χ0n) is 35.9. The molecule has 332 valence electrons. The maximum Gasteiger partial charge on any atom is 0.312 e. The molecule has 5 aliphatic rings. The van der Waals surface area contributed by atoms with Crippen LogP contribution in [0.3, 0.4) is 0 Å². The number of hydrogen-bond donors (Lipinski definition) is 3. The van der Waals surface area contributed by atoms with Gasteiger partial charge < -0.3 is 10.2 Å². The standard InChI is InChI=1S/C48H54N10O5S/c59-47(54-64(62,63)36-25-44(58(60)61)46(51-29-36)50-28-31-7-2-1-3-8-31)39-15-14-34(24-42(39)57-43-23-33-16-19-49-45(33)53-40(43)30-52-57)55-21-17-48(18-22-55)26-35(27-48)56-20-6-11-41(56)38-10-5-4-9-37(38)32-12-13-32/h4-5,9-10,14-16,19,23-25,29-32,35,41,52H,1-3,6-8,11-13,17-18,20-22,26-28H2,(H,50,51)(H,54,59)/t41-/m1/s1. The van der Waals surface area contributed by atoms with Crippen LogP contribution in [0.4, 0.5) is 17.2 Å². The van der Waals surface area contributed by atoms with Gasteiger partial charge in [-0.2, -0.15) is 0 Å². The molecule has 1 amide bonds. The first-order chi connectivity index (χ1) is 31.1. The lowest BCUT2D eigenvalue weighted by molar-refractivity contribution is -0.384. The number of nitrogens with one attached hydrogen (secondary N) is 3. The van der Waals surface area contributed by atoms with E-state index in [0.717, 1.165) is 80.9 Å². The number of nitrogens with zero attached hydrogens (tertiary/aromatic N) is 7. The summed E-state index contributed by atoms with van der Waals surface area (Å²) >= 11 is 0. The average molecular weight is 883 g/mol. The van der Waals surface area contributed by atoms with E-state index in [-0.39, 0.29) is 11.4 Å². The first-order valence-corrected chi connectivity index (χ1v) is 24.6. The number of carbonyl (C=O) groups excluding carboxylic acids is 1. The number of piperidine rings is 1. The molecule has 3 aliphatic carbocycles. The number of benzene rings is 2. The van der Waals surface area contributed by atoms with Gasteiger partial charge in [-0.05, 0) is 129 Å². The maximum absolute atomic E-state index is 14.2. The second-order valence-corrected chi connectivity index (χ2v) is 20.7. The molecule has 1 atom stereocenters. The minimum Gasteiger partial charge on any atom is -0.371 e. The number of aromatic nitrogens is 5. The van der Waals surface area contributed by atoms with Crippen LogP contribution >= 0.6 is 0 Å². The fourth-order valence-corrected chi connectivity index (χ4v) is 12.3. The van der Waals surface area contributed by atoms with Gasteiger partial charge in [0.2, 0.25) is 5.82 Å². The van der Waals surface area contributed by atoms with Crippen molar-refractivity contribution >= 4 is 55.2 Å². The summed E-state index contributed by atoms with van der Waals surface area (Å²) in [4.78, 5) is 43.6. The van der Waals surface area contributed by atoms with E-state index >= 15 is 0 Å². The van der Waals surface area contributed by atoms with E-state index in [9.17, 15) is 23.3 Å². The number of carbonyl (C=O) groups is 1. The fourth-order valence-electron chi connectivity index (χ4n) is 11.4. The van der Waals surface area contributed by atoms with Gasteiger partial charge in [-0.15, -0.1) is 0 Å². The third kappa shape index (κ3) is 7.67. The van der Waals surface area contributed by atoms with E-state index in [1.54, 1.807) is 34.3 Å². The molecule has 64 heavy (non-hydrogen) atoms. The summed E-state index contributed by atoms with van der Waals surface area (Å²) < 4.78 is 31.6. The van der Waals surface area contributed by atoms with Crippen LogP contribution in [-0.2, 0) is 10.0 Å². The van der Waals surface area contributed by atoms with Crippen molar-refractivity contribution < 1.29 is 18.1 Å². The number of rotatable bonds is 12. The Bertz CT molecular complexity index is 2870. The molecule has 3 N–H and O–H groups in total. The van der Waals surface area contributed by atoms with Gasteiger partial charge in [-0.1, -0.05) is 43.5 Å². The first-order valence-electron chi connectivity index (χ1n) is 23.1. The smallest absolute Gasteiger partial charge is 0.312 e. The largest absolute Gasteiger partial charge is 0.371 e. The molecule has 0 bridgehead atoms. The highest BCUT2D eigenvalue weighted by atomic mass is 32.2. The van der Waals surface area contributed by atoms with Crippen molar-refractivity contribution in [2.75, 3.05) is 36.4 Å². The van der Waals surface area contributed by atoms with E-state index in [4.69, 9.17) is 4.98 Å². The highest BCUT2D eigenvalue weighted by molar-refractivity contribution is 7.90. The quantitative estimate of drug-likeness (QED) is 0.0789. The van der Waals surface area contributed by atoms with Gasteiger partial charge in [0, 0.05) is 61.3 Å². The molecular formula is C48H54N10O5S. The summed E-state index contributed by atoms with van der Waals surface area (Å²) in [6.45, 7) is 3.43. The van der Waals surface area contributed by atoms with Gasteiger partial charge in [-0.25, -0.2) is 28.1 Å². The number of anilines is 2. The van der Waals surface area contributed by atoms with Crippen LogP contribution < -0.4 is 14.9 Å². The SMILES string of the molecule is O=C(NS(=O)(=O)c1cnc(NCC2CCCCC2)c([N+](=O)[O-])c1)c1ccc(N2CCC3(CC2)CC(N2CCC[C@@H]2c2ccccc2C2CC2)C3)cc1-n1[nH]cc2nc3nccc3cc21. The lowest BCUT2D eigenvalue weighted by atomic mass is 9.59. The maximum atomic E-state index is 14.2. The number of pyridine rings is 2. The van der Waals surface area contributed by atoms with E-state index in [2.05, 4.69) is 59.2 Å². The van der Waals surface area contributed by atoms with Crippen molar-refractivity contribution in [3.8, 4) is 5.69 Å². The summed E-state index contributed by atoms with van der Waals surface area (Å²) in [6.07, 6.45) is 19.7. The number of nitro groups is 1. The molecule has 2 aromatic carbocycles. The molecule has 4 aromatic heterocycles. The molecule has 6 aromatic rings. The van der Waals surface area contributed by atoms with E-state index < -0.39 is 31.4 Å². The molecular weight excluding hydrogens is 829 g/mol. The Balaban J connectivity index is 0.831. The van der Waals surface area contributed by atoms with Crippen LogP contribution in [-0.4, -0.2) is 81.1 Å². The normalized spacial score (nSPS) is 20.8. The van der Waals surface area contributed by atoms with E-state index in [1.807, 2.05) is 24.3 Å². The fraction of sp³-hybridized carbons (Fsp3) is 0.458. The Hall–Kier alpha value is -5.87. The lowest BCUT2D eigenvalue weighted by Crippen LogP contribution is -2.55. The number of aromatic amines is 1. The van der Waals surface area contributed by atoms with Gasteiger partial charge >= 0.3 is 5.69 Å². The highest BCUT2D eigenvalue weighted by Gasteiger charge is 2.50. The number of sulfonamides is 1. The molecule has 3 saturated carbocycles. The van der Waals surface area contributed by atoms with Crippen LogP contribution in [0.25, 0.3) is 27.8 Å². The minimum atomic E-state index is -4.59. The highest BCUT2D eigenvalue weighted by Crippen LogP contribution is 2.55. The summed E-state index contributed by atoms with van der Waals surface area (Å²) in [6, 6.07) is 20.5. The summed E-state index contributed by atoms with van der Waals surface area (Å²) in [5.41, 5.74) is 6.35. The zero-order chi connectivity index (χ0) is 43.6. The van der Waals surface area contributed by atoms with Crippen molar-refractivity contribution in [1.29, 1.82) is 0 Å². The molecule has 15 nitrogen and oxygen atoms in total. The third-order valence-corrected chi connectivity index (χ3v) is 16.3. The van der Waals surface area contributed by atoms with Crippen LogP contribution in [0, 0.1) is 21.4 Å². The van der Waals surface area contributed by atoms with Gasteiger partial charge in [0.1, 0.15) is 10.4 Å². The van der Waals surface area contributed by atoms with Gasteiger partial charge in [0.05, 0.1) is 27.9 Å². The molecule has 1 spiro atoms. The van der Waals surface area contributed by atoms with Crippen molar-refractivity contribution in [3.63, 3.8) is 0 Å². The van der Waals surface area contributed by atoms with Crippen LogP contribution in [0.1, 0.15) is 117 Å². The number of amides is 1. The van der Waals surface area contributed by atoms with E-state index in [0.29, 0.717) is 52.3 Å². The second-order valence-electron chi connectivity index (χ2n) is 19.0. The Labute approximate surface area is 372 Å². The number of fused-ring (bicyclic) bond motifs is 2. The molecule has 2 saturated heterocycles. The molecule has 0 radical (unpaired) electrons. The first kappa shape index (κ1) is 40.9. The van der Waals surface area contributed by atoms with Gasteiger partial charge in [0.25, 0.3) is 15.9 Å². The Morgan fingerprint density at radius 2 is 1.70 bits per heavy atom. The predicted molar refractivity (Wildman–Crippen MR) is 245 cm³/mol. The van der Waals surface area contributed by atoms with Crippen LogP contribution in [0.2, 0.25) is 0 Å². The van der Waals surface area contributed by atoms with Crippen molar-refractivity contribution in [1.82, 2.24) is 34.4 Å². The summed E-state index contributed by atoms with van der Waals surface area (Å²) in [5, 5.41) is 19.3. The lowest BCUT2D eigenvalue weighted by Gasteiger charge is -2.56. The van der Waals surface area contributed by atoms with Crippen molar-refractivity contribution in [3.05, 3.63) is 106 Å². The molecule has 16 heteroatoms. The molecule has 5 fully saturated rings. The number of H-pyrrole nitrogens is 1. The minimum absolute atomic E-state index is 0.00257. The Morgan fingerprint density at radius 1 is 0.906 bits per heavy atom. The monoisotopic (exact) mass is 882 g/mol. The van der Waals surface area contributed by atoms with Crippen LogP contribution in [0.15, 0.2) is 84.1 Å². The van der Waals surface area contributed by atoms with Gasteiger partial charge in [0.15, 0.2) is 5.65 Å². The molecule has 0 unspecified atom stereocenters. The summed E-state index contributed by atoms with van der Waals surface area (Å²) in [5.74, 6) is 0.229. The van der Waals surface area contributed by atoms with E-state index in [1.165, 1.54) is 51.5 Å². The topological polar surface area (TPSA) is 184 Å². The predicted octanol–water partition coefficient (Wildman–Crippen LogP) is 8.78. The number of likely N-dealkylation sites (tertiary alicyclic amines) is 1. The van der Waals surface area contributed by atoms with Gasteiger partial charge in [-0.3, -0.25) is 29.6 Å². The third-order valence-electron chi connectivity index (χ3n) is 15.0. The van der Waals surface area contributed by atoms with Crippen molar-refractivity contribution in [2.24, 2.45) is 11.3 Å². The molecule has 11 rings (SSSR count). The Morgan fingerprint density at radius 3 is 2.48 bits per heavy atom. The number of hydrogen-bond acceptors (Lipinski definition) is 11.